The fourth-order valence-corrected chi connectivity index (χ4v) is 1.88. The number of rotatable bonds is 5. The first kappa shape index (κ1) is 14.8. The summed E-state index contributed by atoms with van der Waals surface area (Å²) in [5, 5.41) is 5.06. The van der Waals surface area contributed by atoms with Crippen LogP contribution in [0, 0.1) is 0 Å². The number of hydrogen-bond donors (Lipinski definition) is 2. The average Bonchev–Trinajstić information content (AvgIpc) is 2.66. The number of hydrogen-bond acceptors (Lipinski definition) is 3. The first-order valence-corrected chi connectivity index (χ1v) is 6.06. The summed E-state index contributed by atoms with van der Waals surface area (Å²) in [5.41, 5.74) is 0. The Balaban J connectivity index is 2.55. The van der Waals surface area contributed by atoms with Crippen molar-refractivity contribution in [3.05, 3.63) is 0 Å². The van der Waals surface area contributed by atoms with Crippen LogP contribution in [0.25, 0.3) is 0 Å². The van der Waals surface area contributed by atoms with Crippen molar-refractivity contribution in [2.24, 2.45) is 0 Å². The van der Waals surface area contributed by atoms with Crippen LogP contribution in [-0.4, -0.2) is 54.9 Å². The van der Waals surface area contributed by atoms with Gasteiger partial charge in [0.25, 0.3) is 5.92 Å². The van der Waals surface area contributed by atoms with Crippen LogP contribution in [0.3, 0.4) is 0 Å². The molecule has 1 rings (SSSR count). The van der Waals surface area contributed by atoms with Crippen LogP contribution in [0.15, 0.2) is 0 Å². The molecule has 18 heavy (non-hydrogen) atoms. The van der Waals surface area contributed by atoms with Crippen molar-refractivity contribution in [1.82, 2.24) is 15.5 Å². The molecule has 1 aliphatic heterocycles. The quantitative estimate of drug-likeness (QED) is 0.732. The second kappa shape index (κ2) is 6.08. The number of alkyl halides is 2. The van der Waals surface area contributed by atoms with Crippen LogP contribution in [0.4, 0.5) is 8.78 Å². The predicted octanol–water partition coefficient (Wildman–Crippen LogP) is -0.0318. The van der Waals surface area contributed by atoms with Crippen molar-refractivity contribution in [3.63, 3.8) is 0 Å². The first-order chi connectivity index (χ1) is 8.39. The zero-order chi connectivity index (χ0) is 13.8. The zero-order valence-corrected chi connectivity index (χ0v) is 10.6. The smallest absolute Gasteiger partial charge is 0.262 e. The molecule has 0 radical (unpaired) electrons. The Bertz CT molecular complexity index is 323. The minimum absolute atomic E-state index is 0.0904. The van der Waals surface area contributed by atoms with Gasteiger partial charge in [0.2, 0.25) is 11.8 Å². The zero-order valence-electron chi connectivity index (χ0n) is 10.6. The molecule has 1 saturated heterocycles. The van der Waals surface area contributed by atoms with E-state index in [9.17, 15) is 18.4 Å². The molecule has 0 spiro atoms. The maximum Gasteiger partial charge on any atom is 0.262 e. The molecule has 0 saturated carbocycles. The molecule has 7 heteroatoms. The minimum Gasteiger partial charge on any atom is -0.355 e. The summed E-state index contributed by atoms with van der Waals surface area (Å²) in [6.45, 7) is 3.71. The Labute approximate surface area is 105 Å². The number of amides is 2. The molecule has 1 heterocycles. The summed E-state index contributed by atoms with van der Waals surface area (Å²) in [4.78, 5) is 24.6. The van der Waals surface area contributed by atoms with E-state index in [1.54, 1.807) is 13.8 Å². The molecule has 0 aromatic rings. The number of halogens is 2. The molecular formula is C11H19F2N3O2. The number of likely N-dealkylation sites (N-methyl/N-ethyl adjacent to an activating group) is 2. The van der Waals surface area contributed by atoms with E-state index in [1.165, 1.54) is 4.90 Å². The highest BCUT2D eigenvalue weighted by atomic mass is 19.3. The molecule has 2 amide bonds. The predicted molar refractivity (Wildman–Crippen MR) is 62.3 cm³/mol. The van der Waals surface area contributed by atoms with Crippen molar-refractivity contribution in [2.45, 2.75) is 32.2 Å². The molecule has 0 aromatic heterocycles. The highest BCUT2D eigenvalue weighted by molar-refractivity contribution is 5.87. The Kier molecular flexibility index (Phi) is 5.01. The van der Waals surface area contributed by atoms with Gasteiger partial charge in [0.1, 0.15) is 0 Å². The van der Waals surface area contributed by atoms with Gasteiger partial charge in [-0.1, -0.05) is 0 Å². The van der Waals surface area contributed by atoms with Gasteiger partial charge in [0.05, 0.1) is 19.1 Å². The van der Waals surface area contributed by atoms with Crippen LogP contribution >= 0.6 is 0 Å². The Morgan fingerprint density at radius 2 is 2.11 bits per heavy atom. The van der Waals surface area contributed by atoms with Crippen molar-refractivity contribution in [1.29, 1.82) is 0 Å². The van der Waals surface area contributed by atoms with Crippen LogP contribution in [-0.2, 0) is 9.59 Å². The highest BCUT2D eigenvalue weighted by Gasteiger charge is 2.43. The normalized spacial score (nSPS) is 21.7. The largest absolute Gasteiger partial charge is 0.355 e. The van der Waals surface area contributed by atoms with Crippen LogP contribution < -0.4 is 10.6 Å². The lowest BCUT2D eigenvalue weighted by Gasteiger charge is -2.23. The van der Waals surface area contributed by atoms with Gasteiger partial charge in [0.15, 0.2) is 0 Å². The third-order valence-electron chi connectivity index (χ3n) is 2.81. The summed E-state index contributed by atoms with van der Waals surface area (Å²) in [5.74, 6) is -3.57. The molecular weight excluding hydrogens is 244 g/mol. The van der Waals surface area contributed by atoms with Crippen LogP contribution in [0.5, 0.6) is 0 Å². The molecule has 1 unspecified atom stereocenters. The topological polar surface area (TPSA) is 61.4 Å². The Hall–Kier alpha value is -1.24. The van der Waals surface area contributed by atoms with Gasteiger partial charge >= 0.3 is 0 Å². The maximum atomic E-state index is 13.0. The van der Waals surface area contributed by atoms with Gasteiger partial charge in [-0.25, -0.2) is 8.78 Å². The van der Waals surface area contributed by atoms with Gasteiger partial charge in [-0.15, -0.1) is 0 Å². The van der Waals surface area contributed by atoms with E-state index in [0.717, 1.165) is 0 Å². The third kappa shape index (κ3) is 3.90. The second-order valence-corrected chi connectivity index (χ2v) is 4.30. The standard InChI is InChI=1S/C11H19F2N3O2/c1-3-14-9(17)6-16(4-2)10(18)8-5-11(12,13)7-15-8/h8,15H,3-7H2,1-2H3,(H,14,17). The van der Waals surface area contributed by atoms with Crippen molar-refractivity contribution in [2.75, 3.05) is 26.2 Å². The van der Waals surface area contributed by atoms with E-state index < -0.39 is 30.8 Å². The van der Waals surface area contributed by atoms with Gasteiger partial charge in [-0.2, -0.15) is 0 Å². The molecule has 1 fully saturated rings. The molecule has 1 atom stereocenters. The van der Waals surface area contributed by atoms with Gasteiger partial charge in [-0.3, -0.25) is 14.9 Å². The van der Waals surface area contributed by atoms with E-state index in [1.807, 2.05) is 0 Å². The third-order valence-corrected chi connectivity index (χ3v) is 2.81. The van der Waals surface area contributed by atoms with Gasteiger partial charge in [0, 0.05) is 19.5 Å². The summed E-state index contributed by atoms with van der Waals surface area (Å²) in [6.07, 6.45) is -0.502. The summed E-state index contributed by atoms with van der Waals surface area (Å²) >= 11 is 0. The first-order valence-electron chi connectivity index (χ1n) is 6.06. The number of carbonyl (C=O) groups is 2. The van der Waals surface area contributed by atoms with Crippen molar-refractivity contribution >= 4 is 11.8 Å². The molecule has 0 bridgehead atoms. The Morgan fingerprint density at radius 3 is 2.56 bits per heavy atom. The molecule has 1 aliphatic rings. The summed E-state index contributed by atoms with van der Waals surface area (Å²) < 4.78 is 26.0. The average molecular weight is 263 g/mol. The van der Waals surface area contributed by atoms with E-state index in [-0.39, 0.29) is 12.5 Å². The lowest BCUT2D eigenvalue weighted by Crippen LogP contribution is -2.47. The molecule has 0 aromatic carbocycles. The maximum absolute atomic E-state index is 13.0. The summed E-state index contributed by atoms with van der Waals surface area (Å²) in [6, 6.07) is -0.894. The fourth-order valence-electron chi connectivity index (χ4n) is 1.88. The molecule has 5 nitrogen and oxygen atoms in total. The fraction of sp³-hybridized carbons (Fsp3) is 0.818. The van der Waals surface area contributed by atoms with Gasteiger partial charge < -0.3 is 10.2 Å². The lowest BCUT2D eigenvalue weighted by atomic mass is 10.1. The second-order valence-electron chi connectivity index (χ2n) is 4.30. The van der Waals surface area contributed by atoms with Crippen molar-refractivity contribution in [3.8, 4) is 0 Å². The highest BCUT2D eigenvalue weighted by Crippen LogP contribution is 2.25. The number of nitrogens with one attached hydrogen (secondary N) is 2. The molecule has 2 N–H and O–H groups in total. The van der Waals surface area contributed by atoms with E-state index in [4.69, 9.17) is 0 Å². The minimum atomic E-state index is -2.84. The van der Waals surface area contributed by atoms with Crippen LogP contribution in [0.2, 0.25) is 0 Å². The summed E-state index contributed by atoms with van der Waals surface area (Å²) in [7, 11) is 0. The van der Waals surface area contributed by atoms with Gasteiger partial charge in [-0.05, 0) is 13.8 Å². The number of carbonyl (C=O) groups excluding carboxylic acids is 2. The molecule has 104 valence electrons. The van der Waals surface area contributed by atoms with E-state index >= 15 is 0 Å². The number of nitrogens with zero attached hydrogens (tertiary/aromatic N) is 1. The molecule has 0 aliphatic carbocycles. The van der Waals surface area contributed by atoms with Crippen LogP contribution in [0.1, 0.15) is 20.3 Å². The van der Waals surface area contributed by atoms with E-state index in [2.05, 4.69) is 10.6 Å². The monoisotopic (exact) mass is 263 g/mol. The van der Waals surface area contributed by atoms with E-state index in [0.29, 0.717) is 13.1 Å². The van der Waals surface area contributed by atoms with Crippen molar-refractivity contribution < 1.29 is 18.4 Å². The Morgan fingerprint density at radius 1 is 1.44 bits per heavy atom. The SMILES string of the molecule is CCNC(=O)CN(CC)C(=O)C1CC(F)(F)CN1. The lowest BCUT2D eigenvalue weighted by molar-refractivity contribution is -0.137.